The fourth-order valence-electron chi connectivity index (χ4n) is 4.36. The molecule has 27 heavy (non-hydrogen) atoms. The van der Waals surface area contributed by atoms with Crippen LogP contribution in [0.25, 0.3) is 11.1 Å². The van der Waals surface area contributed by atoms with Crippen LogP contribution in [0.3, 0.4) is 0 Å². The molecule has 2 aliphatic heterocycles. The van der Waals surface area contributed by atoms with Gasteiger partial charge in [0.05, 0.1) is 5.60 Å². The fourth-order valence-corrected chi connectivity index (χ4v) is 4.36. The van der Waals surface area contributed by atoms with Gasteiger partial charge in [0.15, 0.2) is 0 Å². The van der Waals surface area contributed by atoms with Gasteiger partial charge in [-0.05, 0) is 67.3 Å². The number of aryl methyl sites for hydroxylation is 1. The van der Waals surface area contributed by atoms with Crippen LogP contribution >= 0.6 is 0 Å². The Labute approximate surface area is 159 Å². The molecule has 2 aliphatic rings. The lowest BCUT2D eigenvalue weighted by Gasteiger charge is -2.47. The third-order valence-electron chi connectivity index (χ3n) is 6.04. The van der Waals surface area contributed by atoms with E-state index in [2.05, 4.69) is 5.32 Å². The highest BCUT2D eigenvalue weighted by molar-refractivity contribution is 5.95. The summed E-state index contributed by atoms with van der Waals surface area (Å²) >= 11 is 0. The molecule has 0 aliphatic carbocycles. The first kappa shape index (κ1) is 18.1. The molecule has 2 atom stereocenters. The van der Waals surface area contributed by atoms with E-state index in [1.54, 1.807) is 6.07 Å². The summed E-state index contributed by atoms with van der Waals surface area (Å²) in [5, 5.41) is 14.1. The minimum atomic E-state index is -0.644. The molecule has 0 radical (unpaired) electrons. The van der Waals surface area contributed by atoms with Crippen molar-refractivity contribution < 1.29 is 14.3 Å². The minimum Gasteiger partial charge on any atom is -0.389 e. The number of benzene rings is 2. The quantitative estimate of drug-likeness (QED) is 0.857. The number of halogens is 1. The number of piperidine rings is 2. The van der Waals surface area contributed by atoms with Crippen molar-refractivity contribution in [2.75, 3.05) is 26.2 Å². The number of rotatable bonds is 2. The lowest BCUT2D eigenvalue weighted by molar-refractivity contribution is -0.0817. The third-order valence-corrected chi connectivity index (χ3v) is 6.04. The maximum absolute atomic E-state index is 13.4. The largest absolute Gasteiger partial charge is 0.389 e. The van der Waals surface area contributed by atoms with Crippen LogP contribution in [0, 0.1) is 18.7 Å². The Bertz CT molecular complexity index is 869. The van der Waals surface area contributed by atoms with Gasteiger partial charge < -0.3 is 15.3 Å². The highest BCUT2D eigenvalue weighted by atomic mass is 19.1. The topological polar surface area (TPSA) is 52.6 Å². The number of amides is 1. The van der Waals surface area contributed by atoms with E-state index in [4.69, 9.17) is 0 Å². The van der Waals surface area contributed by atoms with Gasteiger partial charge in [-0.25, -0.2) is 4.39 Å². The second kappa shape index (κ2) is 7.06. The first-order chi connectivity index (χ1) is 13.0. The lowest BCUT2D eigenvalue weighted by Crippen LogP contribution is -2.59. The average Bonchev–Trinajstić information content (AvgIpc) is 2.67. The fraction of sp³-hybridized carbons (Fsp3) is 0.409. The number of aliphatic hydroxyl groups is 1. The maximum atomic E-state index is 13.4. The van der Waals surface area contributed by atoms with E-state index < -0.39 is 5.60 Å². The second-order valence-electron chi connectivity index (χ2n) is 7.80. The van der Waals surface area contributed by atoms with Gasteiger partial charge in [-0.3, -0.25) is 4.79 Å². The van der Waals surface area contributed by atoms with Gasteiger partial charge in [-0.2, -0.15) is 0 Å². The first-order valence-corrected chi connectivity index (χ1v) is 9.55. The van der Waals surface area contributed by atoms with Gasteiger partial charge >= 0.3 is 0 Å². The molecule has 2 aromatic rings. The smallest absolute Gasteiger partial charge is 0.253 e. The zero-order chi connectivity index (χ0) is 19.0. The van der Waals surface area contributed by atoms with Crippen molar-refractivity contribution in [3.63, 3.8) is 0 Å². The summed E-state index contributed by atoms with van der Waals surface area (Å²) in [5.41, 5.74) is 2.66. The molecule has 2 aromatic carbocycles. The van der Waals surface area contributed by atoms with Crippen LogP contribution in [0.1, 0.15) is 28.8 Å². The lowest BCUT2D eigenvalue weighted by atomic mass is 9.76. The molecule has 0 spiro atoms. The molecule has 0 aromatic heterocycles. The normalized spacial score (nSPS) is 25.1. The molecule has 0 unspecified atom stereocenters. The van der Waals surface area contributed by atoms with Crippen molar-refractivity contribution in [3.8, 4) is 11.1 Å². The second-order valence-corrected chi connectivity index (χ2v) is 7.80. The number of carbonyl (C=O) groups excluding carboxylic acids is 1. The first-order valence-electron chi connectivity index (χ1n) is 9.55. The number of likely N-dealkylation sites (tertiary alicyclic amines) is 1. The number of carbonyl (C=O) groups is 1. The van der Waals surface area contributed by atoms with Crippen LogP contribution in [-0.2, 0) is 0 Å². The van der Waals surface area contributed by atoms with Gasteiger partial charge in [0.25, 0.3) is 5.91 Å². The third kappa shape index (κ3) is 3.49. The van der Waals surface area contributed by atoms with Gasteiger partial charge in [-0.1, -0.05) is 18.2 Å². The number of hydrogen-bond acceptors (Lipinski definition) is 3. The van der Waals surface area contributed by atoms with Gasteiger partial charge in [0.2, 0.25) is 0 Å². The predicted molar refractivity (Wildman–Crippen MR) is 103 cm³/mol. The molecule has 2 N–H and O–H groups in total. The molecule has 2 saturated heterocycles. The standard InChI is InChI=1S/C22H25FN2O2/c1-15-11-19(23)5-6-20(15)16-3-2-4-17(12-16)21(26)25-10-8-22(27)7-9-24-13-18(22)14-25/h2-6,11-12,18,24,27H,7-10,13-14H2,1H3/t18-,22-/m0/s1. The predicted octanol–water partition coefficient (Wildman–Crippen LogP) is 2.99. The Hall–Kier alpha value is -2.24. The van der Waals surface area contributed by atoms with Crippen molar-refractivity contribution in [3.05, 3.63) is 59.4 Å². The highest BCUT2D eigenvalue weighted by Crippen LogP contribution is 2.33. The van der Waals surface area contributed by atoms with Crippen molar-refractivity contribution in [1.82, 2.24) is 10.2 Å². The van der Waals surface area contributed by atoms with E-state index in [9.17, 15) is 14.3 Å². The average molecular weight is 368 g/mol. The molecule has 0 bridgehead atoms. The number of fused-ring (bicyclic) bond motifs is 1. The molecule has 1 amide bonds. The van der Waals surface area contributed by atoms with E-state index in [1.807, 2.05) is 36.1 Å². The van der Waals surface area contributed by atoms with E-state index in [0.29, 0.717) is 25.1 Å². The Morgan fingerprint density at radius 2 is 2.11 bits per heavy atom. The zero-order valence-corrected chi connectivity index (χ0v) is 15.5. The SMILES string of the molecule is Cc1cc(F)ccc1-c1cccc(C(=O)N2CC[C@@]3(O)CCNC[C@H]3C2)c1. The zero-order valence-electron chi connectivity index (χ0n) is 15.5. The van der Waals surface area contributed by atoms with Crippen LogP contribution in [0.15, 0.2) is 42.5 Å². The molecule has 142 valence electrons. The molecule has 4 rings (SSSR count). The summed E-state index contributed by atoms with van der Waals surface area (Å²) < 4.78 is 13.4. The van der Waals surface area contributed by atoms with E-state index in [1.165, 1.54) is 12.1 Å². The van der Waals surface area contributed by atoms with Crippen molar-refractivity contribution in [1.29, 1.82) is 0 Å². The summed E-state index contributed by atoms with van der Waals surface area (Å²) in [6.45, 7) is 4.59. The molecule has 5 heteroatoms. The molecule has 4 nitrogen and oxygen atoms in total. The summed E-state index contributed by atoms with van der Waals surface area (Å²) in [6, 6.07) is 12.2. The highest BCUT2D eigenvalue weighted by Gasteiger charge is 2.43. The summed E-state index contributed by atoms with van der Waals surface area (Å²) in [5.74, 6) is -0.193. The number of nitrogens with zero attached hydrogens (tertiary/aromatic N) is 1. The van der Waals surface area contributed by atoms with Crippen molar-refractivity contribution in [2.24, 2.45) is 5.92 Å². The van der Waals surface area contributed by atoms with E-state index in [0.717, 1.165) is 36.2 Å². The Kier molecular flexibility index (Phi) is 4.74. The number of hydrogen-bond donors (Lipinski definition) is 2. The molecular weight excluding hydrogens is 343 g/mol. The van der Waals surface area contributed by atoms with Crippen molar-refractivity contribution >= 4 is 5.91 Å². The van der Waals surface area contributed by atoms with Crippen LogP contribution in [-0.4, -0.2) is 47.7 Å². The molecular formula is C22H25FN2O2. The summed E-state index contributed by atoms with van der Waals surface area (Å²) in [6.07, 6.45) is 1.38. The minimum absolute atomic E-state index is 0.00996. The summed E-state index contributed by atoms with van der Waals surface area (Å²) in [7, 11) is 0. The maximum Gasteiger partial charge on any atom is 0.253 e. The molecule has 2 heterocycles. The monoisotopic (exact) mass is 368 g/mol. The van der Waals surface area contributed by atoms with Gasteiger partial charge in [0, 0.05) is 31.1 Å². The van der Waals surface area contributed by atoms with Crippen LogP contribution in [0.5, 0.6) is 0 Å². The van der Waals surface area contributed by atoms with Crippen molar-refractivity contribution in [2.45, 2.75) is 25.4 Å². The van der Waals surface area contributed by atoms with Crippen LogP contribution in [0.4, 0.5) is 4.39 Å². The molecule has 0 saturated carbocycles. The van der Waals surface area contributed by atoms with Crippen LogP contribution in [0.2, 0.25) is 0 Å². The van der Waals surface area contributed by atoms with Crippen LogP contribution < -0.4 is 5.32 Å². The Morgan fingerprint density at radius 3 is 2.93 bits per heavy atom. The summed E-state index contributed by atoms with van der Waals surface area (Å²) in [4.78, 5) is 14.9. The molecule has 2 fully saturated rings. The number of nitrogens with one attached hydrogen (secondary N) is 1. The Morgan fingerprint density at radius 1 is 1.26 bits per heavy atom. The Balaban J connectivity index is 1.56. The van der Waals surface area contributed by atoms with E-state index in [-0.39, 0.29) is 17.6 Å². The van der Waals surface area contributed by atoms with Gasteiger partial charge in [0.1, 0.15) is 5.82 Å². The van der Waals surface area contributed by atoms with Gasteiger partial charge in [-0.15, -0.1) is 0 Å². The van der Waals surface area contributed by atoms with E-state index >= 15 is 0 Å².